The Morgan fingerprint density at radius 2 is 2.00 bits per heavy atom. The summed E-state index contributed by atoms with van der Waals surface area (Å²) in [5, 5.41) is 0. The maximum absolute atomic E-state index is 6.48. The Morgan fingerprint density at radius 3 is 2.62 bits per heavy atom. The summed E-state index contributed by atoms with van der Waals surface area (Å²) in [6, 6.07) is 7.47. The molecule has 0 saturated heterocycles. The molecule has 0 aliphatic heterocycles. The standard InChI is InChI=1S/C17H22BrN3OSSi/c1-4-24(5-2,6-3)22-11-14-16(18)23-17-15(20-12-21(14)17)13-8-7-9-19-10-13/h7-10,12H,4-6,11H2,1-3H3. The minimum absolute atomic E-state index is 0.644. The number of hydrogen-bond donors (Lipinski definition) is 0. The molecule has 0 radical (unpaired) electrons. The minimum atomic E-state index is -1.60. The molecule has 0 unspecified atom stereocenters. The lowest BCUT2D eigenvalue weighted by Crippen LogP contribution is -2.35. The number of fused-ring (bicyclic) bond motifs is 1. The van der Waals surface area contributed by atoms with Crippen molar-refractivity contribution in [2.75, 3.05) is 0 Å². The van der Waals surface area contributed by atoms with Crippen LogP contribution in [0, 0.1) is 0 Å². The van der Waals surface area contributed by atoms with Gasteiger partial charge in [0.2, 0.25) is 0 Å². The maximum atomic E-state index is 6.48. The van der Waals surface area contributed by atoms with E-state index in [4.69, 9.17) is 4.43 Å². The second-order valence-electron chi connectivity index (χ2n) is 5.86. The van der Waals surface area contributed by atoms with Gasteiger partial charge in [0, 0.05) is 18.0 Å². The van der Waals surface area contributed by atoms with Crippen LogP contribution in [0.15, 0.2) is 34.6 Å². The van der Waals surface area contributed by atoms with Crippen molar-refractivity contribution >= 4 is 40.4 Å². The summed E-state index contributed by atoms with van der Waals surface area (Å²) < 4.78 is 9.75. The number of aromatic nitrogens is 3. The highest BCUT2D eigenvalue weighted by Gasteiger charge is 2.29. The molecule has 3 heterocycles. The topological polar surface area (TPSA) is 39.4 Å². The lowest BCUT2D eigenvalue weighted by molar-refractivity contribution is 0.281. The van der Waals surface area contributed by atoms with E-state index in [0.717, 1.165) is 43.7 Å². The van der Waals surface area contributed by atoms with E-state index < -0.39 is 8.32 Å². The van der Waals surface area contributed by atoms with Gasteiger partial charge >= 0.3 is 0 Å². The van der Waals surface area contributed by atoms with Crippen LogP contribution >= 0.6 is 27.3 Å². The zero-order valence-corrected chi connectivity index (χ0v) is 17.7. The van der Waals surface area contributed by atoms with Gasteiger partial charge in [0.1, 0.15) is 16.9 Å². The van der Waals surface area contributed by atoms with Crippen LogP contribution in [0.2, 0.25) is 18.1 Å². The first kappa shape index (κ1) is 17.8. The molecule has 3 aromatic heterocycles. The summed E-state index contributed by atoms with van der Waals surface area (Å²) in [7, 11) is -1.60. The lowest BCUT2D eigenvalue weighted by Gasteiger charge is -2.27. The van der Waals surface area contributed by atoms with Crippen molar-refractivity contribution in [3.8, 4) is 11.3 Å². The van der Waals surface area contributed by atoms with Crippen molar-refractivity contribution in [1.29, 1.82) is 0 Å². The van der Waals surface area contributed by atoms with Crippen LogP contribution in [0.4, 0.5) is 0 Å². The molecule has 0 bridgehead atoms. The Hall–Kier alpha value is -1.02. The molecule has 0 N–H and O–H groups in total. The second-order valence-corrected chi connectivity index (χ2v) is 13.0. The summed E-state index contributed by atoms with van der Waals surface area (Å²) in [4.78, 5) is 9.93. The predicted octanol–water partition coefficient (Wildman–Crippen LogP) is 5.74. The highest BCUT2D eigenvalue weighted by molar-refractivity contribution is 9.11. The quantitative estimate of drug-likeness (QED) is 0.454. The number of imidazole rings is 1. The smallest absolute Gasteiger partial charge is 0.192 e. The van der Waals surface area contributed by atoms with Crippen LogP contribution in [0.25, 0.3) is 16.1 Å². The molecule has 128 valence electrons. The first-order chi connectivity index (χ1) is 11.6. The van der Waals surface area contributed by atoms with E-state index in [-0.39, 0.29) is 0 Å². The molecule has 7 heteroatoms. The number of nitrogens with zero attached hydrogens (tertiary/aromatic N) is 3. The van der Waals surface area contributed by atoms with E-state index in [9.17, 15) is 0 Å². The Balaban J connectivity index is 1.93. The average Bonchev–Trinajstić information content (AvgIpc) is 3.16. The highest BCUT2D eigenvalue weighted by Crippen LogP contribution is 2.36. The Labute approximate surface area is 156 Å². The van der Waals surface area contributed by atoms with Crippen LogP contribution in [-0.4, -0.2) is 22.7 Å². The van der Waals surface area contributed by atoms with Gasteiger partial charge in [0.05, 0.1) is 16.1 Å². The highest BCUT2D eigenvalue weighted by atomic mass is 79.9. The fourth-order valence-corrected chi connectivity index (χ4v) is 7.26. The number of hydrogen-bond acceptors (Lipinski definition) is 4. The first-order valence-corrected chi connectivity index (χ1v) is 12.5. The van der Waals surface area contributed by atoms with Crippen molar-refractivity contribution in [3.05, 3.63) is 40.3 Å². The van der Waals surface area contributed by atoms with E-state index in [1.165, 1.54) is 0 Å². The second kappa shape index (κ2) is 7.47. The van der Waals surface area contributed by atoms with Crippen LogP contribution in [-0.2, 0) is 11.0 Å². The largest absolute Gasteiger partial charge is 0.411 e. The van der Waals surface area contributed by atoms with Gasteiger partial charge in [0.15, 0.2) is 8.32 Å². The molecular formula is C17H22BrN3OSSi. The van der Waals surface area contributed by atoms with Gasteiger partial charge in [-0.2, -0.15) is 0 Å². The van der Waals surface area contributed by atoms with E-state index >= 15 is 0 Å². The van der Waals surface area contributed by atoms with Crippen molar-refractivity contribution < 1.29 is 4.43 Å². The van der Waals surface area contributed by atoms with Gasteiger partial charge in [-0.3, -0.25) is 9.38 Å². The molecule has 0 spiro atoms. The van der Waals surface area contributed by atoms with E-state index in [1.807, 2.05) is 24.7 Å². The molecular weight excluding hydrogens is 402 g/mol. The van der Waals surface area contributed by atoms with Crippen molar-refractivity contribution in [3.63, 3.8) is 0 Å². The fraction of sp³-hybridized carbons (Fsp3) is 0.412. The first-order valence-electron chi connectivity index (χ1n) is 8.32. The fourth-order valence-electron chi connectivity index (χ4n) is 2.97. The van der Waals surface area contributed by atoms with Gasteiger partial charge in [-0.15, -0.1) is 11.3 Å². The summed E-state index contributed by atoms with van der Waals surface area (Å²) in [5.74, 6) is 0. The third-order valence-corrected chi connectivity index (χ3v) is 11.4. The summed E-state index contributed by atoms with van der Waals surface area (Å²) in [6.45, 7) is 7.42. The number of thiazole rings is 1. The van der Waals surface area contributed by atoms with Gasteiger partial charge < -0.3 is 4.43 Å². The van der Waals surface area contributed by atoms with Crippen molar-refractivity contribution in [1.82, 2.24) is 14.4 Å². The molecule has 0 saturated carbocycles. The summed E-state index contributed by atoms with van der Waals surface area (Å²) in [5.41, 5.74) is 3.18. The molecule has 0 aliphatic rings. The number of pyridine rings is 1. The van der Waals surface area contributed by atoms with Crippen molar-refractivity contribution in [2.24, 2.45) is 0 Å². The zero-order chi connectivity index (χ0) is 17.2. The van der Waals surface area contributed by atoms with Gasteiger partial charge in [-0.1, -0.05) is 20.8 Å². The van der Waals surface area contributed by atoms with Crippen LogP contribution < -0.4 is 0 Å². The lowest BCUT2D eigenvalue weighted by atomic mass is 10.2. The molecule has 0 fully saturated rings. The Kier molecular flexibility index (Phi) is 5.54. The molecule has 3 rings (SSSR count). The maximum Gasteiger partial charge on any atom is 0.192 e. The minimum Gasteiger partial charge on any atom is -0.411 e. The molecule has 0 atom stereocenters. The average molecular weight is 424 g/mol. The van der Waals surface area contributed by atoms with Crippen LogP contribution in [0.1, 0.15) is 26.5 Å². The molecule has 0 amide bonds. The van der Waals surface area contributed by atoms with Gasteiger partial charge in [-0.25, -0.2) is 4.98 Å². The Morgan fingerprint density at radius 1 is 1.25 bits per heavy atom. The van der Waals surface area contributed by atoms with Gasteiger partial charge in [-0.05, 0) is 46.2 Å². The van der Waals surface area contributed by atoms with Crippen molar-refractivity contribution in [2.45, 2.75) is 45.5 Å². The predicted molar refractivity (Wildman–Crippen MR) is 106 cm³/mol. The monoisotopic (exact) mass is 423 g/mol. The van der Waals surface area contributed by atoms with E-state index in [0.29, 0.717) is 6.61 Å². The normalized spacial score (nSPS) is 12.2. The molecule has 0 aromatic carbocycles. The summed E-state index contributed by atoms with van der Waals surface area (Å²) >= 11 is 5.42. The zero-order valence-electron chi connectivity index (χ0n) is 14.3. The molecule has 3 aromatic rings. The van der Waals surface area contributed by atoms with Crippen LogP contribution in [0.5, 0.6) is 0 Å². The third-order valence-electron chi connectivity index (χ3n) is 4.81. The third kappa shape index (κ3) is 3.22. The Bertz CT molecular complexity index is 806. The summed E-state index contributed by atoms with van der Waals surface area (Å²) in [6.07, 6.45) is 5.53. The van der Waals surface area contributed by atoms with Gasteiger partial charge in [0.25, 0.3) is 0 Å². The number of rotatable bonds is 7. The van der Waals surface area contributed by atoms with E-state index in [1.54, 1.807) is 17.5 Å². The molecule has 24 heavy (non-hydrogen) atoms. The SMILES string of the molecule is CC[Si](CC)(CC)OCc1c(Br)sc2c(-c3cccnc3)ncn12. The van der Waals surface area contributed by atoms with Crippen LogP contribution in [0.3, 0.4) is 0 Å². The number of halogens is 1. The van der Waals surface area contributed by atoms with E-state index in [2.05, 4.69) is 51.1 Å². The molecule has 0 aliphatic carbocycles. The molecule has 4 nitrogen and oxygen atoms in total.